The fourth-order valence-corrected chi connectivity index (χ4v) is 5.46. The zero-order valence-electron chi connectivity index (χ0n) is 13.3. The van der Waals surface area contributed by atoms with Gasteiger partial charge in [-0.2, -0.15) is 0 Å². The lowest BCUT2D eigenvalue weighted by Gasteiger charge is -2.29. The Balaban J connectivity index is 1.67. The zero-order valence-corrected chi connectivity index (χ0v) is 13.3. The quantitative estimate of drug-likeness (QED) is 0.585. The maximum absolute atomic E-state index is 12.7. The molecular weight excluding hydrogens is 284 g/mol. The molecule has 4 fully saturated rings. The van der Waals surface area contributed by atoms with Crippen LogP contribution in [0.1, 0.15) is 33.1 Å². The van der Waals surface area contributed by atoms with E-state index in [-0.39, 0.29) is 17.4 Å². The van der Waals surface area contributed by atoms with Gasteiger partial charge in [0.1, 0.15) is 0 Å². The van der Waals surface area contributed by atoms with Crippen molar-refractivity contribution in [2.24, 2.45) is 34.5 Å². The van der Waals surface area contributed by atoms with Crippen molar-refractivity contribution in [2.45, 2.75) is 33.1 Å². The van der Waals surface area contributed by atoms with Gasteiger partial charge in [0.25, 0.3) is 0 Å². The van der Waals surface area contributed by atoms with Crippen molar-refractivity contribution < 1.29 is 23.8 Å². The largest absolute Gasteiger partial charge is 0.465 e. The molecule has 122 valence electrons. The van der Waals surface area contributed by atoms with E-state index in [0.717, 1.165) is 19.6 Å². The Labute approximate surface area is 130 Å². The topological polar surface area (TPSA) is 61.8 Å². The van der Waals surface area contributed by atoms with Crippen LogP contribution in [0.25, 0.3) is 0 Å². The van der Waals surface area contributed by atoms with Crippen LogP contribution in [0.2, 0.25) is 0 Å². The fourth-order valence-electron chi connectivity index (χ4n) is 5.46. The number of esters is 2. The first kappa shape index (κ1) is 14.5. The standard InChI is InChI=1S/C17H24O5/c1-3-21-14(18)16(15(19)22-4-2)6-10-5-11(10)17-9-20-8-13(17)12(17)7-16/h10-13H,3-9H2,1-2H3. The van der Waals surface area contributed by atoms with E-state index in [1.54, 1.807) is 13.8 Å². The van der Waals surface area contributed by atoms with Crippen LogP contribution in [-0.2, 0) is 23.8 Å². The first-order valence-electron chi connectivity index (χ1n) is 8.52. The third kappa shape index (κ3) is 1.69. The second kappa shape index (κ2) is 4.70. The number of rotatable bonds is 4. The molecule has 0 amide bonds. The number of ether oxygens (including phenoxy) is 3. The highest BCUT2D eigenvalue weighted by molar-refractivity contribution is 6.00. The van der Waals surface area contributed by atoms with E-state index in [9.17, 15) is 9.59 Å². The number of hydrogen-bond donors (Lipinski definition) is 0. The lowest BCUT2D eigenvalue weighted by Crippen LogP contribution is -2.43. The van der Waals surface area contributed by atoms with Gasteiger partial charge in [-0.15, -0.1) is 0 Å². The smallest absolute Gasteiger partial charge is 0.323 e. The summed E-state index contributed by atoms with van der Waals surface area (Å²) in [4.78, 5) is 25.4. The van der Waals surface area contributed by atoms with E-state index in [1.165, 1.54) is 0 Å². The summed E-state index contributed by atoms with van der Waals surface area (Å²) in [7, 11) is 0. The second-order valence-corrected chi connectivity index (χ2v) is 7.37. The van der Waals surface area contributed by atoms with Crippen LogP contribution >= 0.6 is 0 Å². The van der Waals surface area contributed by atoms with Crippen LogP contribution in [0, 0.1) is 34.5 Å². The number of carbonyl (C=O) groups is 2. The molecule has 0 aromatic heterocycles. The van der Waals surface area contributed by atoms with Crippen molar-refractivity contribution in [1.29, 1.82) is 0 Å². The van der Waals surface area contributed by atoms with Crippen molar-refractivity contribution in [3.8, 4) is 0 Å². The van der Waals surface area contributed by atoms with E-state index in [2.05, 4.69) is 0 Å². The predicted octanol–water partition coefficient (Wildman–Crippen LogP) is 1.79. The van der Waals surface area contributed by atoms with Gasteiger partial charge in [0, 0.05) is 5.41 Å². The Morgan fingerprint density at radius 2 is 1.73 bits per heavy atom. The average molecular weight is 308 g/mol. The average Bonchev–Trinajstić information content (AvgIpc) is 3.32. The third-order valence-corrected chi connectivity index (χ3v) is 6.53. The molecule has 1 aliphatic heterocycles. The summed E-state index contributed by atoms with van der Waals surface area (Å²) in [6, 6.07) is 0. The monoisotopic (exact) mass is 308 g/mol. The van der Waals surface area contributed by atoms with Gasteiger partial charge in [-0.05, 0) is 56.8 Å². The Bertz CT molecular complexity index is 497. The lowest BCUT2D eigenvalue weighted by molar-refractivity contribution is -0.174. The van der Waals surface area contributed by atoms with E-state index < -0.39 is 5.41 Å². The molecule has 5 heteroatoms. The fraction of sp³-hybridized carbons (Fsp3) is 0.882. The SMILES string of the molecule is CCOC(=O)C1(C(=O)OCC)CC2CC2C23COCC2C3C1. The highest BCUT2D eigenvalue weighted by Crippen LogP contribution is 2.79. The maximum Gasteiger partial charge on any atom is 0.323 e. The molecule has 0 bridgehead atoms. The van der Waals surface area contributed by atoms with E-state index in [4.69, 9.17) is 14.2 Å². The molecular formula is C17H24O5. The summed E-state index contributed by atoms with van der Waals surface area (Å²) in [5.41, 5.74) is -0.824. The minimum absolute atomic E-state index is 0.255. The first-order chi connectivity index (χ1) is 10.6. The predicted molar refractivity (Wildman–Crippen MR) is 76.8 cm³/mol. The Morgan fingerprint density at radius 1 is 1.05 bits per heavy atom. The van der Waals surface area contributed by atoms with E-state index >= 15 is 0 Å². The molecule has 4 rings (SSSR count). The molecule has 5 unspecified atom stereocenters. The van der Waals surface area contributed by atoms with Gasteiger partial charge < -0.3 is 14.2 Å². The van der Waals surface area contributed by atoms with E-state index in [1.807, 2.05) is 0 Å². The highest BCUT2D eigenvalue weighted by Gasteiger charge is 2.79. The molecule has 1 heterocycles. The summed E-state index contributed by atoms with van der Waals surface area (Å²) in [5, 5.41) is 0. The van der Waals surface area contributed by atoms with Gasteiger partial charge in [-0.3, -0.25) is 9.59 Å². The van der Waals surface area contributed by atoms with Crippen LogP contribution in [0.15, 0.2) is 0 Å². The highest BCUT2D eigenvalue weighted by atomic mass is 16.6. The first-order valence-corrected chi connectivity index (χ1v) is 8.52. The molecule has 3 aliphatic carbocycles. The van der Waals surface area contributed by atoms with Crippen LogP contribution < -0.4 is 0 Å². The molecule has 1 saturated heterocycles. The van der Waals surface area contributed by atoms with Crippen molar-refractivity contribution in [3.63, 3.8) is 0 Å². The Hall–Kier alpha value is -1.10. The van der Waals surface area contributed by atoms with Crippen LogP contribution in [0.3, 0.4) is 0 Å². The van der Waals surface area contributed by atoms with Crippen LogP contribution in [0.5, 0.6) is 0 Å². The van der Waals surface area contributed by atoms with Crippen molar-refractivity contribution >= 4 is 11.9 Å². The Kier molecular flexibility index (Phi) is 3.09. The van der Waals surface area contributed by atoms with Gasteiger partial charge in [0.15, 0.2) is 5.41 Å². The number of fused-ring (bicyclic) bond motifs is 2. The summed E-state index contributed by atoms with van der Waals surface area (Å²) < 4.78 is 16.3. The normalized spacial score (nSPS) is 43.2. The molecule has 0 aromatic carbocycles. The minimum atomic E-state index is -1.08. The molecule has 0 N–H and O–H groups in total. The number of hydrogen-bond acceptors (Lipinski definition) is 5. The van der Waals surface area contributed by atoms with Gasteiger partial charge in [0.05, 0.1) is 26.4 Å². The molecule has 5 atom stereocenters. The van der Waals surface area contributed by atoms with Crippen LogP contribution in [-0.4, -0.2) is 38.4 Å². The van der Waals surface area contributed by atoms with Crippen molar-refractivity contribution in [1.82, 2.24) is 0 Å². The maximum atomic E-state index is 12.7. The van der Waals surface area contributed by atoms with Gasteiger partial charge in [-0.25, -0.2) is 0 Å². The zero-order chi connectivity index (χ0) is 15.5. The summed E-state index contributed by atoms with van der Waals surface area (Å²) >= 11 is 0. The molecule has 0 aromatic rings. The van der Waals surface area contributed by atoms with Crippen LogP contribution in [0.4, 0.5) is 0 Å². The summed E-state index contributed by atoms with van der Waals surface area (Å²) in [5.74, 6) is 1.30. The van der Waals surface area contributed by atoms with E-state index in [0.29, 0.717) is 49.7 Å². The molecule has 0 radical (unpaired) electrons. The van der Waals surface area contributed by atoms with Crippen molar-refractivity contribution in [3.05, 3.63) is 0 Å². The second-order valence-electron chi connectivity index (χ2n) is 7.37. The van der Waals surface area contributed by atoms with Gasteiger partial charge >= 0.3 is 11.9 Å². The molecule has 4 aliphatic rings. The molecule has 22 heavy (non-hydrogen) atoms. The molecule has 5 nitrogen and oxygen atoms in total. The minimum Gasteiger partial charge on any atom is -0.465 e. The number of carbonyl (C=O) groups excluding carboxylic acids is 2. The summed E-state index contributed by atoms with van der Waals surface area (Å²) in [6.07, 6.45) is 2.31. The molecule has 1 spiro atoms. The van der Waals surface area contributed by atoms with Gasteiger partial charge in [0.2, 0.25) is 0 Å². The third-order valence-electron chi connectivity index (χ3n) is 6.53. The van der Waals surface area contributed by atoms with Crippen molar-refractivity contribution in [2.75, 3.05) is 26.4 Å². The Morgan fingerprint density at radius 3 is 2.36 bits per heavy atom. The lowest BCUT2D eigenvalue weighted by atomic mass is 9.77. The summed E-state index contributed by atoms with van der Waals surface area (Å²) in [6.45, 7) is 5.77. The molecule has 3 saturated carbocycles. The van der Waals surface area contributed by atoms with Gasteiger partial charge in [-0.1, -0.05) is 0 Å².